The molecular weight excluding hydrogens is 470 g/mol. The number of ether oxygens (including phenoxy) is 1. The fourth-order valence-corrected chi connectivity index (χ4v) is 5.91. The molecule has 0 aromatic heterocycles. The molecule has 1 aliphatic carbocycles. The van der Waals surface area contributed by atoms with Gasteiger partial charge in [0.1, 0.15) is 5.75 Å². The van der Waals surface area contributed by atoms with E-state index < -0.39 is 5.92 Å². The zero-order valence-corrected chi connectivity index (χ0v) is 22.0. The van der Waals surface area contributed by atoms with Crippen LogP contribution in [0.3, 0.4) is 0 Å². The highest BCUT2D eigenvalue weighted by atomic mass is 32.2. The maximum atomic E-state index is 13.1. The normalized spacial score (nSPS) is 17.3. The van der Waals surface area contributed by atoms with Crippen molar-refractivity contribution in [3.05, 3.63) is 80.5 Å². The third-order valence-electron chi connectivity index (χ3n) is 6.48. The Hall–Kier alpha value is -3.50. The van der Waals surface area contributed by atoms with Crippen LogP contribution in [0.2, 0.25) is 0 Å². The van der Waals surface area contributed by atoms with Crippen LogP contribution in [0.25, 0.3) is 0 Å². The van der Waals surface area contributed by atoms with Crippen LogP contribution < -0.4 is 15.4 Å². The maximum Gasteiger partial charge on any atom is 0.234 e. The molecule has 36 heavy (non-hydrogen) atoms. The molecule has 2 aromatic rings. The smallest absolute Gasteiger partial charge is 0.234 e. The third-order valence-corrected chi connectivity index (χ3v) is 7.50. The number of Topliss-reactive ketones (excluding diaryl/α,β-unsaturated/α-hetero) is 1. The van der Waals surface area contributed by atoms with Gasteiger partial charge in [-0.05, 0) is 57.7 Å². The van der Waals surface area contributed by atoms with Gasteiger partial charge in [0.2, 0.25) is 5.91 Å². The first-order valence-corrected chi connectivity index (χ1v) is 13.2. The first kappa shape index (κ1) is 25.6. The second-order valence-corrected chi connectivity index (χ2v) is 10.1. The number of allylic oxidation sites excluding steroid dienone is 3. The predicted octanol–water partition coefficient (Wildman–Crippen LogP) is 5.81. The number of benzene rings is 2. The summed E-state index contributed by atoms with van der Waals surface area (Å²) < 4.78 is 5.87. The average molecular weight is 502 g/mol. The topological polar surface area (TPSA) is 91.2 Å². The van der Waals surface area contributed by atoms with E-state index in [1.807, 2.05) is 64.1 Å². The van der Waals surface area contributed by atoms with Crippen LogP contribution in [0.1, 0.15) is 54.4 Å². The van der Waals surface area contributed by atoms with Gasteiger partial charge in [-0.3, -0.25) is 9.59 Å². The number of rotatable bonds is 7. The van der Waals surface area contributed by atoms with Crippen molar-refractivity contribution in [2.45, 2.75) is 52.9 Å². The first-order chi connectivity index (χ1) is 17.3. The Morgan fingerprint density at radius 3 is 2.61 bits per heavy atom. The lowest BCUT2D eigenvalue weighted by Gasteiger charge is -2.33. The Bertz CT molecular complexity index is 1300. The molecule has 1 atom stereocenters. The number of hydrogen-bond acceptors (Lipinski definition) is 6. The SMILES string of the molecule is CCOc1ccccc1[C@H]1C(C#N)=C(SCC(=O)Nc2c(C)cc(C)cc2C)NC2=C1C(=O)CCC2. The number of nitrogens with one attached hydrogen (secondary N) is 2. The quantitative estimate of drug-likeness (QED) is 0.497. The number of amides is 1. The molecule has 6 nitrogen and oxygen atoms in total. The predicted molar refractivity (Wildman–Crippen MR) is 144 cm³/mol. The van der Waals surface area contributed by atoms with E-state index in [4.69, 9.17) is 4.74 Å². The van der Waals surface area contributed by atoms with E-state index in [0.717, 1.165) is 46.5 Å². The van der Waals surface area contributed by atoms with Crippen molar-refractivity contribution in [1.29, 1.82) is 5.26 Å². The highest BCUT2D eigenvalue weighted by Crippen LogP contribution is 2.46. The van der Waals surface area contributed by atoms with Gasteiger partial charge in [-0.2, -0.15) is 5.26 Å². The van der Waals surface area contributed by atoms with Crippen LogP contribution in [0.15, 0.2) is 58.3 Å². The Kier molecular flexibility index (Phi) is 7.85. The second kappa shape index (κ2) is 11.0. The molecule has 2 aliphatic rings. The van der Waals surface area contributed by atoms with E-state index in [2.05, 4.69) is 16.7 Å². The zero-order chi connectivity index (χ0) is 25.8. The van der Waals surface area contributed by atoms with Crippen molar-refractivity contribution in [3.63, 3.8) is 0 Å². The lowest BCUT2D eigenvalue weighted by atomic mass is 9.76. The lowest BCUT2D eigenvalue weighted by molar-refractivity contribution is -0.116. The van der Waals surface area contributed by atoms with E-state index in [1.165, 1.54) is 11.8 Å². The van der Waals surface area contributed by atoms with E-state index in [0.29, 0.717) is 35.0 Å². The van der Waals surface area contributed by atoms with Gasteiger partial charge in [0.05, 0.1) is 34.9 Å². The molecule has 4 rings (SSSR count). The van der Waals surface area contributed by atoms with E-state index in [9.17, 15) is 14.9 Å². The van der Waals surface area contributed by atoms with Gasteiger partial charge in [-0.25, -0.2) is 0 Å². The van der Waals surface area contributed by atoms with Crippen LogP contribution in [-0.2, 0) is 9.59 Å². The Labute approximate surface area is 216 Å². The van der Waals surface area contributed by atoms with Gasteiger partial charge in [-0.15, -0.1) is 0 Å². The number of nitriles is 1. The van der Waals surface area contributed by atoms with E-state index in [1.54, 1.807) is 0 Å². The standard InChI is InChI=1S/C29H31N3O3S/c1-5-35-24-12-7-6-9-20(24)26-21(15-30)29(31-22-10-8-11-23(33)27(22)26)36-16-25(34)32-28-18(3)13-17(2)14-19(28)4/h6-7,9,12-14,26,31H,5,8,10-11,16H2,1-4H3,(H,32,34)/t26-/m0/s1. The van der Waals surface area contributed by atoms with Crippen LogP contribution in [0, 0.1) is 32.1 Å². The summed E-state index contributed by atoms with van der Waals surface area (Å²) in [6.07, 6.45) is 1.95. The molecule has 1 heterocycles. The summed E-state index contributed by atoms with van der Waals surface area (Å²) in [4.78, 5) is 26.0. The Morgan fingerprint density at radius 2 is 1.92 bits per heavy atom. The molecule has 0 saturated carbocycles. The average Bonchev–Trinajstić information content (AvgIpc) is 2.85. The van der Waals surface area contributed by atoms with E-state index in [-0.39, 0.29) is 17.4 Å². The zero-order valence-electron chi connectivity index (χ0n) is 21.2. The number of ketones is 1. The highest BCUT2D eigenvalue weighted by molar-refractivity contribution is 8.03. The van der Waals surface area contributed by atoms with Gasteiger partial charge in [0.15, 0.2) is 5.78 Å². The van der Waals surface area contributed by atoms with Gasteiger partial charge in [-0.1, -0.05) is 47.7 Å². The number of aryl methyl sites for hydroxylation is 3. The minimum absolute atomic E-state index is 0.0555. The summed E-state index contributed by atoms with van der Waals surface area (Å²) in [5.74, 6) is 0.190. The van der Waals surface area contributed by atoms with Crippen LogP contribution in [0.4, 0.5) is 5.69 Å². The van der Waals surface area contributed by atoms with E-state index >= 15 is 0 Å². The fourth-order valence-electron chi connectivity index (χ4n) is 5.04. The molecular formula is C29H31N3O3S. The molecule has 2 aromatic carbocycles. The van der Waals surface area contributed by atoms with Crippen LogP contribution >= 0.6 is 11.8 Å². The molecule has 7 heteroatoms. The molecule has 0 unspecified atom stereocenters. The molecule has 0 spiro atoms. The molecule has 0 radical (unpaired) electrons. The second-order valence-electron chi connectivity index (χ2n) is 9.16. The summed E-state index contributed by atoms with van der Waals surface area (Å²) in [5, 5.41) is 17.3. The van der Waals surface area contributed by atoms with Gasteiger partial charge in [0.25, 0.3) is 0 Å². The number of carbonyl (C=O) groups excluding carboxylic acids is 2. The number of thioether (sulfide) groups is 1. The summed E-state index contributed by atoms with van der Waals surface area (Å²) in [6, 6.07) is 14.0. The molecule has 1 amide bonds. The minimum atomic E-state index is -0.519. The van der Waals surface area contributed by atoms with Crippen LogP contribution in [0.5, 0.6) is 5.75 Å². The van der Waals surface area contributed by atoms with Crippen molar-refractivity contribution >= 4 is 29.1 Å². The lowest BCUT2D eigenvalue weighted by Crippen LogP contribution is -2.32. The number of carbonyl (C=O) groups is 2. The maximum absolute atomic E-state index is 13.1. The third kappa shape index (κ3) is 5.19. The van der Waals surface area contributed by atoms with Crippen molar-refractivity contribution in [1.82, 2.24) is 5.32 Å². The number of nitrogens with zero attached hydrogens (tertiary/aromatic N) is 1. The fraction of sp³-hybridized carbons (Fsp3) is 0.345. The number of para-hydroxylation sites is 1. The van der Waals surface area contributed by atoms with Gasteiger partial charge < -0.3 is 15.4 Å². The molecule has 2 N–H and O–H groups in total. The Balaban J connectivity index is 1.65. The van der Waals surface area contributed by atoms with Gasteiger partial charge >= 0.3 is 0 Å². The number of anilines is 1. The Morgan fingerprint density at radius 1 is 1.19 bits per heavy atom. The molecule has 0 bridgehead atoms. The molecule has 1 aliphatic heterocycles. The molecule has 0 fully saturated rings. The molecule has 0 saturated heterocycles. The minimum Gasteiger partial charge on any atom is -0.494 e. The van der Waals surface area contributed by atoms with Crippen molar-refractivity contribution in [2.75, 3.05) is 17.7 Å². The van der Waals surface area contributed by atoms with Crippen LogP contribution in [-0.4, -0.2) is 24.1 Å². The summed E-state index contributed by atoms with van der Waals surface area (Å²) in [6.45, 7) is 8.39. The summed E-state index contributed by atoms with van der Waals surface area (Å²) in [5.41, 5.74) is 6.73. The number of dihydropyridines is 1. The monoisotopic (exact) mass is 501 g/mol. The number of hydrogen-bond donors (Lipinski definition) is 2. The van der Waals surface area contributed by atoms with Crippen molar-refractivity contribution in [3.8, 4) is 11.8 Å². The molecule has 186 valence electrons. The van der Waals surface area contributed by atoms with Crippen molar-refractivity contribution in [2.24, 2.45) is 0 Å². The largest absolute Gasteiger partial charge is 0.494 e. The summed E-state index contributed by atoms with van der Waals surface area (Å²) in [7, 11) is 0. The van der Waals surface area contributed by atoms with Crippen molar-refractivity contribution < 1.29 is 14.3 Å². The highest BCUT2D eigenvalue weighted by Gasteiger charge is 2.38. The summed E-state index contributed by atoms with van der Waals surface area (Å²) >= 11 is 1.29. The van der Waals surface area contributed by atoms with Gasteiger partial charge in [0, 0.05) is 28.9 Å². The first-order valence-electron chi connectivity index (χ1n) is 12.2.